The number of benzene rings is 1. The molecule has 1 aliphatic heterocycles. The average Bonchev–Trinajstić information content (AvgIpc) is 3.19. The van der Waals surface area contributed by atoms with E-state index in [0.717, 1.165) is 16.4 Å². The van der Waals surface area contributed by atoms with Gasteiger partial charge in [0.05, 0.1) is 12.3 Å². The van der Waals surface area contributed by atoms with Crippen LogP contribution in [0.1, 0.15) is 24.1 Å². The Hall–Kier alpha value is -2.18. The van der Waals surface area contributed by atoms with Crippen molar-refractivity contribution in [3.8, 4) is 5.75 Å². The van der Waals surface area contributed by atoms with Crippen molar-refractivity contribution in [1.82, 2.24) is 14.7 Å². The minimum Gasteiger partial charge on any atom is -0.493 e. The smallest absolute Gasteiger partial charge is 0.258 e. The van der Waals surface area contributed by atoms with E-state index in [1.807, 2.05) is 23.6 Å². The molecule has 0 fully saturated rings. The molecule has 6 heteroatoms. The van der Waals surface area contributed by atoms with Crippen LogP contribution in [0.2, 0.25) is 0 Å². The summed E-state index contributed by atoms with van der Waals surface area (Å²) in [5.41, 5.74) is 1.99. The predicted octanol–water partition coefficient (Wildman–Crippen LogP) is 2.41. The van der Waals surface area contributed by atoms with Gasteiger partial charge in [-0.3, -0.25) is 9.20 Å². The molecule has 1 N–H and O–H groups in total. The van der Waals surface area contributed by atoms with E-state index in [4.69, 9.17) is 4.74 Å². The van der Waals surface area contributed by atoms with E-state index in [2.05, 4.69) is 23.3 Å². The second-order valence-electron chi connectivity index (χ2n) is 5.77. The summed E-state index contributed by atoms with van der Waals surface area (Å²) in [4.78, 5) is 17.3. The zero-order chi connectivity index (χ0) is 15.8. The van der Waals surface area contributed by atoms with Gasteiger partial charge in [-0.15, -0.1) is 11.3 Å². The van der Waals surface area contributed by atoms with E-state index in [1.54, 1.807) is 16.7 Å². The Balaban J connectivity index is 1.49. The zero-order valence-corrected chi connectivity index (χ0v) is 13.5. The summed E-state index contributed by atoms with van der Waals surface area (Å²) in [5.74, 6) is 1.29. The molecule has 1 aliphatic rings. The van der Waals surface area contributed by atoms with Crippen molar-refractivity contribution in [1.29, 1.82) is 0 Å². The molecule has 0 unspecified atom stereocenters. The summed E-state index contributed by atoms with van der Waals surface area (Å²) in [6.07, 6.45) is 1.75. The van der Waals surface area contributed by atoms with Gasteiger partial charge < -0.3 is 10.1 Å². The molecule has 118 valence electrons. The maximum atomic E-state index is 12.0. The first-order valence-corrected chi connectivity index (χ1v) is 8.51. The molecule has 2 atom stereocenters. The molecule has 5 nitrogen and oxygen atoms in total. The molecule has 0 radical (unpaired) electrons. The van der Waals surface area contributed by atoms with Gasteiger partial charge in [-0.1, -0.05) is 18.2 Å². The molecule has 3 aromatic rings. The van der Waals surface area contributed by atoms with Crippen molar-refractivity contribution in [3.63, 3.8) is 0 Å². The molecule has 3 heterocycles. The zero-order valence-electron chi connectivity index (χ0n) is 12.7. The van der Waals surface area contributed by atoms with Crippen LogP contribution in [0.4, 0.5) is 0 Å². The fourth-order valence-electron chi connectivity index (χ4n) is 2.99. The van der Waals surface area contributed by atoms with Gasteiger partial charge >= 0.3 is 0 Å². The van der Waals surface area contributed by atoms with Crippen LogP contribution >= 0.6 is 11.3 Å². The van der Waals surface area contributed by atoms with Crippen molar-refractivity contribution in [3.05, 3.63) is 63.5 Å². The van der Waals surface area contributed by atoms with E-state index < -0.39 is 0 Å². The first kappa shape index (κ1) is 14.4. The van der Waals surface area contributed by atoms with Crippen LogP contribution < -0.4 is 15.6 Å². The van der Waals surface area contributed by atoms with E-state index >= 15 is 0 Å². The number of nitrogens with one attached hydrogen (secondary N) is 1. The van der Waals surface area contributed by atoms with Crippen molar-refractivity contribution < 1.29 is 4.74 Å². The Morgan fingerprint density at radius 2 is 2.35 bits per heavy atom. The van der Waals surface area contributed by atoms with Crippen molar-refractivity contribution in [2.24, 2.45) is 0 Å². The van der Waals surface area contributed by atoms with Crippen LogP contribution in [0, 0.1) is 0 Å². The number of ether oxygens (including phenoxy) is 1. The van der Waals surface area contributed by atoms with Crippen LogP contribution in [0.15, 0.2) is 46.7 Å². The number of aromatic nitrogens is 2. The monoisotopic (exact) mass is 327 g/mol. The van der Waals surface area contributed by atoms with Gasteiger partial charge in [-0.2, -0.15) is 0 Å². The normalized spacial score (nSPS) is 17.9. The van der Waals surface area contributed by atoms with Gasteiger partial charge in [0, 0.05) is 41.7 Å². The number of thiazole rings is 1. The number of rotatable bonds is 4. The van der Waals surface area contributed by atoms with E-state index in [0.29, 0.717) is 19.1 Å². The largest absolute Gasteiger partial charge is 0.493 e. The van der Waals surface area contributed by atoms with Crippen LogP contribution in [0.25, 0.3) is 4.96 Å². The standard InChI is InChI=1S/C17H17N3O2S/c1-11(14-10-22-15-5-3-2-4-13(14)15)18-9-12-8-16(21)20-6-7-23-17(20)19-12/h2-8,11,14,18H,9-10H2,1H3/t11-,14+/m0/s1. The SMILES string of the molecule is C[C@H](NCc1cc(=O)n2ccsc2n1)[C@H]1COc2ccccc21. The lowest BCUT2D eigenvalue weighted by Gasteiger charge is -2.19. The molecule has 1 aromatic carbocycles. The average molecular weight is 327 g/mol. The molecule has 0 amide bonds. The lowest BCUT2D eigenvalue weighted by Crippen LogP contribution is -2.33. The fourth-order valence-corrected chi connectivity index (χ4v) is 3.73. The molecule has 0 saturated carbocycles. The van der Waals surface area contributed by atoms with Gasteiger partial charge in [-0.05, 0) is 13.0 Å². The molecule has 0 aliphatic carbocycles. The molecule has 0 bridgehead atoms. The van der Waals surface area contributed by atoms with E-state index in [9.17, 15) is 4.79 Å². The summed E-state index contributed by atoms with van der Waals surface area (Å²) in [5, 5.41) is 5.35. The number of hydrogen-bond acceptors (Lipinski definition) is 5. The third kappa shape index (κ3) is 2.64. The minimum absolute atomic E-state index is 0.0322. The van der Waals surface area contributed by atoms with Crippen molar-refractivity contribution in [2.45, 2.75) is 25.4 Å². The number of para-hydroxylation sites is 1. The van der Waals surface area contributed by atoms with Crippen LogP contribution in [0.3, 0.4) is 0 Å². The molecule has 0 saturated heterocycles. The summed E-state index contributed by atoms with van der Waals surface area (Å²) < 4.78 is 7.31. The summed E-state index contributed by atoms with van der Waals surface area (Å²) in [6.45, 7) is 3.41. The highest BCUT2D eigenvalue weighted by molar-refractivity contribution is 7.15. The van der Waals surface area contributed by atoms with Gasteiger partial charge in [0.25, 0.3) is 5.56 Å². The quantitative estimate of drug-likeness (QED) is 0.799. The van der Waals surface area contributed by atoms with E-state index in [1.165, 1.54) is 16.9 Å². The molecule has 4 rings (SSSR count). The highest BCUT2D eigenvalue weighted by Gasteiger charge is 2.28. The Labute approximate surface area is 137 Å². The van der Waals surface area contributed by atoms with Crippen molar-refractivity contribution >= 4 is 16.3 Å². The lowest BCUT2D eigenvalue weighted by atomic mass is 9.94. The third-order valence-corrected chi connectivity index (χ3v) is 5.06. The second kappa shape index (κ2) is 5.79. The Bertz CT molecular complexity index is 902. The third-order valence-electron chi connectivity index (χ3n) is 4.30. The Morgan fingerprint density at radius 1 is 1.48 bits per heavy atom. The maximum absolute atomic E-state index is 12.0. The number of hydrogen-bond donors (Lipinski definition) is 1. The predicted molar refractivity (Wildman–Crippen MR) is 90.3 cm³/mol. The van der Waals surface area contributed by atoms with E-state index in [-0.39, 0.29) is 11.6 Å². The first-order chi connectivity index (χ1) is 11.2. The summed E-state index contributed by atoms with van der Waals surface area (Å²) in [6, 6.07) is 10.00. The highest BCUT2D eigenvalue weighted by Crippen LogP contribution is 2.35. The molecule has 2 aromatic heterocycles. The van der Waals surface area contributed by atoms with Gasteiger partial charge in [0.1, 0.15) is 5.75 Å². The summed E-state index contributed by atoms with van der Waals surface area (Å²) in [7, 11) is 0. The van der Waals surface area contributed by atoms with Gasteiger partial charge in [-0.25, -0.2) is 4.98 Å². The summed E-state index contributed by atoms with van der Waals surface area (Å²) >= 11 is 1.47. The molecule has 0 spiro atoms. The van der Waals surface area contributed by atoms with Crippen LogP contribution in [-0.4, -0.2) is 22.0 Å². The van der Waals surface area contributed by atoms with Gasteiger partial charge in [0.2, 0.25) is 0 Å². The minimum atomic E-state index is -0.0322. The Kier molecular flexibility index (Phi) is 3.63. The first-order valence-electron chi connectivity index (χ1n) is 7.63. The maximum Gasteiger partial charge on any atom is 0.258 e. The van der Waals surface area contributed by atoms with Crippen LogP contribution in [-0.2, 0) is 6.54 Å². The molecular weight excluding hydrogens is 310 g/mol. The van der Waals surface area contributed by atoms with Gasteiger partial charge in [0.15, 0.2) is 4.96 Å². The second-order valence-corrected chi connectivity index (χ2v) is 6.64. The number of fused-ring (bicyclic) bond motifs is 2. The Morgan fingerprint density at radius 3 is 3.26 bits per heavy atom. The topological polar surface area (TPSA) is 55.6 Å². The van der Waals surface area contributed by atoms with Crippen LogP contribution in [0.5, 0.6) is 5.75 Å². The lowest BCUT2D eigenvalue weighted by molar-refractivity contribution is 0.303. The fraction of sp³-hybridized carbons (Fsp3) is 0.294. The highest BCUT2D eigenvalue weighted by atomic mass is 32.1. The molecule has 23 heavy (non-hydrogen) atoms. The molecular formula is C17H17N3O2S. The number of nitrogens with zero attached hydrogens (tertiary/aromatic N) is 2. The van der Waals surface area contributed by atoms with Crippen molar-refractivity contribution in [2.75, 3.05) is 6.61 Å².